The largest absolute Gasteiger partial charge is 0.383 e. The highest BCUT2D eigenvalue weighted by atomic mass is 16.2. The minimum Gasteiger partial charge on any atom is -0.383 e. The molecule has 1 aromatic carbocycles. The van der Waals surface area contributed by atoms with Gasteiger partial charge in [0.2, 0.25) is 5.91 Å². The molecule has 5 rings (SSSR count). The van der Waals surface area contributed by atoms with Crippen LogP contribution in [0.25, 0.3) is 28.0 Å². The van der Waals surface area contributed by atoms with Gasteiger partial charge in [0.1, 0.15) is 5.82 Å². The summed E-state index contributed by atoms with van der Waals surface area (Å²) in [7, 11) is 0. The number of hydrogen-bond donors (Lipinski definition) is 1. The fourth-order valence-electron chi connectivity index (χ4n) is 4.85. The van der Waals surface area contributed by atoms with Gasteiger partial charge in [-0.15, -0.1) is 0 Å². The number of anilines is 1. The van der Waals surface area contributed by atoms with Gasteiger partial charge < -0.3 is 10.6 Å². The van der Waals surface area contributed by atoms with E-state index in [2.05, 4.69) is 10.1 Å². The fraction of sp³-hybridized carbons (Fsp3) is 0.296. The average Bonchev–Trinajstić information content (AvgIpc) is 3.33. The van der Waals surface area contributed by atoms with Gasteiger partial charge >= 0.3 is 0 Å². The lowest BCUT2D eigenvalue weighted by Gasteiger charge is -2.32. The number of rotatable bonds is 5. The van der Waals surface area contributed by atoms with Crippen LogP contribution < -0.4 is 5.73 Å². The molecule has 3 aromatic heterocycles. The first kappa shape index (κ1) is 22.7. The third-order valence-corrected chi connectivity index (χ3v) is 6.74. The number of nitrogens with zero attached hydrogens (tertiary/aromatic N) is 5. The van der Waals surface area contributed by atoms with E-state index in [1.165, 1.54) is 11.4 Å². The molecule has 4 heterocycles. The molecule has 0 bridgehead atoms. The lowest BCUT2D eigenvalue weighted by atomic mass is 9.89. The molecular weight excluding hydrogens is 440 g/mol. The Balaban J connectivity index is 1.54. The number of amides is 1. The predicted molar refractivity (Wildman–Crippen MR) is 135 cm³/mol. The molecule has 1 saturated heterocycles. The maximum absolute atomic E-state index is 12.6. The topological polar surface area (TPSA) is 106 Å². The van der Waals surface area contributed by atoms with Crippen LogP contribution in [0.1, 0.15) is 55.1 Å². The van der Waals surface area contributed by atoms with Crippen LogP contribution in [0.4, 0.5) is 5.82 Å². The summed E-state index contributed by atoms with van der Waals surface area (Å²) in [6, 6.07) is 14.0. The van der Waals surface area contributed by atoms with Crippen molar-refractivity contribution >= 4 is 23.2 Å². The number of carbonyl (C=O) groups is 2. The van der Waals surface area contributed by atoms with Gasteiger partial charge in [0.05, 0.1) is 23.1 Å². The number of fused-ring (bicyclic) bond motifs is 1. The number of hydrogen-bond acceptors (Lipinski definition) is 6. The van der Waals surface area contributed by atoms with Gasteiger partial charge in [-0.1, -0.05) is 43.3 Å². The van der Waals surface area contributed by atoms with Crippen LogP contribution in [0.2, 0.25) is 0 Å². The zero-order valence-electron chi connectivity index (χ0n) is 19.9. The molecule has 1 fully saturated rings. The molecule has 0 radical (unpaired) electrons. The number of aromatic nitrogens is 4. The fourth-order valence-corrected chi connectivity index (χ4v) is 4.85. The van der Waals surface area contributed by atoms with Crippen molar-refractivity contribution in [3.8, 4) is 22.4 Å². The van der Waals surface area contributed by atoms with Crippen molar-refractivity contribution in [3.05, 3.63) is 66.1 Å². The predicted octanol–water partition coefficient (Wildman–Crippen LogP) is 4.36. The van der Waals surface area contributed by atoms with Crippen molar-refractivity contribution in [2.24, 2.45) is 0 Å². The SMILES string of the molecule is CCC(=O)N1CCC(c2nc3c(-c4ccc(-c5ccccc5)nc4)cnn3c(N)c2C(C)=O)CC1. The minimum atomic E-state index is -0.134. The molecule has 35 heavy (non-hydrogen) atoms. The number of nitrogen functional groups attached to an aromatic ring is 1. The van der Waals surface area contributed by atoms with Crippen molar-refractivity contribution in [1.29, 1.82) is 0 Å². The number of carbonyl (C=O) groups excluding carboxylic acids is 2. The quantitative estimate of drug-likeness (QED) is 0.436. The third-order valence-electron chi connectivity index (χ3n) is 6.74. The molecule has 1 aliphatic heterocycles. The van der Waals surface area contributed by atoms with Gasteiger partial charge in [-0.3, -0.25) is 14.6 Å². The standard InChI is InChI=1S/C27H28N6O2/c1-3-23(35)32-13-11-19(12-14-32)25-24(17(2)34)26(28)33-27(31-25)21(16-30-33)20-9-10-22(29-15-20)18-7-5-4-6-8-18/h4-10,15-16,19H,3,11-14,28H2,1-2H3. The summed E-state index contributed by atoms with van der Waals surface area (Å²) in [6.45, 7) is 4.69. The zero-order valence-corrected chi connectivity index (χ0v) is 19.9. The van der Waals surface area contributed by atoms with E-state index in [-0.39, 0.29) is 17.6 Å². The first-order chi connectivity index (χ1) is 17.0. The molecule has 2 N–H and O–H groups in total. The molecule has 0 saturated carbocycles. The van der Waals surface area contributed by atoms with E-state index < -0.39 is 0 Å². The Hall–Kier alpha value is -4.07. The number of pyridine rings is 1. The van der Waals surface area contributed by atoms with E-state index in [9.17, 15) is 9.59 Å². The Morgan fingerprint density at radius 2 is 1.77 bits per heavy atom. The van der Waals surface area contributed by atoms with Crippen LogP contribution in [0.15, 0.2) is 54.9 Å². The normalized spacial score (nSPS) is 14.4. The van der Waals surface area contributed by atoms with E-state index in [1.807, 2.05) is 60.5 Å². The summed E-state index contributed by atoms with van der Waals surface area (Å²) in [5.41, 5.74) is 11.8. The second-order valence-corrected chi connectivity index (χ2v) is 8.91. The van der Waals surface area contributed by atoms with Gasteiger partial charge in [0.15, 0.2) is 11.4 Å². The lowest BCUT2D eigenvalue weighted by molar-refractivity contribution is -0.131. The van der Waals surface area contributed by atoms with Crippen molar-refractivity contribution in [1.82, 2.24) is 24.5 Å². The van der Waals surface area contributed by atoms with Gasteiger partial charge in [0, 0.05) is 48.3 Å². The van der Waals surface area contributed by atoms with Gasteiger partial charge in [-0.25, -0.2) is 4.98 Å². The molecule has 8 nitrogen and oxygen atoms in total. The van der Waals surface area contributed by atoms with E-state index in [0.29, 0.717) is 42.2 Å². The molecule has 0 aliphatic carbocycles. The highest BCUT2D eigenvalue weighted by Gasteiger charge is 2.29. The van der Waals surface area contributed by atoms with Gasteiger partial charge in [0.25, 0.3) is 0 Å². The van der Waals surface area contributed by atoms with Gasteiger partial charge in [-0.05, 0) is 25.8 Å². The van der Waals surface area contributed by atoms with Crippen LogP contribution >= 0.6 is 0 Å². The Labute approximate surface area is 203 Å². The Kier molecular flexibility index (Phi) is 6.03. The van der Waals surface area contributed by atoms with Crippen molar-refractivity contribution in [2.75, 3.05) is 18.8 Å². The summed E-state index contributed by atoms with van der Waals surface area (Å²) < 4.78 is 1.54. The van der Waals surface area contributed by atoms with Crippen molar-refractivity contribution < 1.29 is 9.59 Å². The first-order valence-corrected chi connectivity index (χ1v) is 12.0. The molecule has 4 aromatic rings. The highest BCUT2D eigenvalue weighted by molar-refractivity contribution is 6.00. The number of Topliss-reactive ketones (excluding diaryl/α,β-unsaturated/α-hetero) is 1. The monoisotopic (exact) mass is 468 g/mol. The molecule has 8 heteroatoms. The van der Waals surface area contributed by atoms with Crippen LogP contribution in [-0.4, -0.2) is 49.3 Å². The van der Waals surface area contributed by atoms with Crippen LogP contribution in [0, 0.1) is 0 Å². The van der Waals surface area contributed by atoms with E-state index in [1.54, 1.807) is 6.20 Å². The molecule has 1 aliphatic rings. The minimum absolute atomic E-state index is 0.0448. The molecule has 1 amide bonds. The Morgan fingerprint density at radius 3 is 2.40 bits per heavy atom. The molecule has 0 spiro atoms. The maximum Gasteiger partial charge on any atom is 0.222 e. The summed E-state index contributed by atoms with van der Waals surface area (Å²) in [5.74, 6) is 0.362. The number of ketones is 1. The van der Waals surface area contributed by atoms with Crippen LogP contribution in [0.3, 0.4) is 0 Å². The van der Waals surface area contributed by atoms with Crippen LogP contribution in [-0.2, 0) is 4.79 Å². The first-order valence-electron chi connectivity index (χ1n) is 12.0. The Morgan fingerprint density at radius 1 is 1.03 bits per heavy atom. The summed E-state index contributed by atoms with van der Waals surface area (Å²) in [4.78, 5) is 36.2. The van der Waals surface area contributed by atoms with Crippen molar-refractivity contribution in [2.45, 2.75) is 39.0 Å². The summed E-state index contributed by atoms with van der Waals surface area (Å²) >= 11 is 0. The van der Waals surface area contributed by atoms with E-state index >= 15 is 0 Å². The smallest absolute Gasteiger partial charge is 0.222 e. The summed E-state index contributed by atoms with van der Waals surface area (Å²) in [6.07, 6.45) is 5.51. The third kappa shape index (κ3) is 4.16. The lowest BCUT2D eigenvalue weighted by Crippen LogP contribution is -2.38. The summed E-state index contributed by atoms with van der Waals surface area (Å²) in [5, 5.41) is 4.45. The van der Waals surface area contributed by atoms with Gasteiger partial charge in [-0.2, -0.15) is 9.61 Å². The second-order valence-electron chi connectivity index (χ2n) is 8.91. The van der Waals surface area contributed by atoms with E-state index in [4.69, 9.17) is 10.7 Å². The molecule has 0 atom stereocenters. The highest BCUT2D eigenvalue weighted by Crippen LogP contribution is 2.35. The molecular formula is C27H28N6O2. The number of piperidine rings is 1. The average molecular weight is 469 g/mol. The molecule has 0 unspecified atom stereocenters. The number of benzene rings is 1. The van der Waals surface area contributed by atoms with Crippen LogP contribution in [0.5, 0.6) is 0 Å². The number of likely N-dealkylation sites (tertiary alicyclic amines) is 1. The van der Waals surface area contributed by atoms with E-state index in [0.717, 1.165) is 35.2 Å². The Bertz CT molecular complexity index is 1390. The molecule has 178 valence electrons. The maximum atomic E-state index is 12.6. The van der Waals surface area contributed by atoms with Crippen molar-refractivity contribution in [3.63, 3.8) is 0 Å². The second kappa shape index (κ2) is 9.29. The number of nitrogens with two attached hydrogens (primary N) is 1. The zero-order chi connectivity index (χ0) is 24.5.